The normalized spacial score (nSPS) is 27.2. The Balaban J connectivity index is 1.56. The zero-order valence-electron chi connectivity index (χ0n) is 26.3. The third-order valence-corrected chi connectivity index (χ3v) is 8.41. The number of nitrogens with one attached hydrogen (secondary N) is 4. The Hall–Kier alpha value is -2.90. The molecule has 3 aliphatic heterocycles. The summed E-state index contributed by atoms with van der Waals surface area (Å²) in [6.45, 7) is 10.4. The Morgan fingerprint density at radius 1 is 1.16 bits per heavy atom. The predicted octanol–water partition coefficient (Wildman–Crippen LogP) is 1.66. The van der Waals surface area contributed by atoms with Crippen molar-refractivity contribution in [3.05, 3.63) is 11.8 Å². The number of hydroxylamine groups is 1. The Morgan fingerprint density at radius 3 is 2.47 bits per heavy atom. The van der Waals surface area contributed by atoms with Gasteiger partial charge in [-0.2, -0.15) is 0 Å². The van der Waals surface area contributed by atoms with Gasteiger partial charge in [-0.1, -0.05) is 41.0 Å². The lowest BCUT2D eigenvalue weighted by atomic mass is 9.85. The number of rotatable bonds is 12. The van der Waals surface area contributed by atoms with E-state index in [2.05, 4.69) is 21.4 Å². The summed E-state index contributed by atoms with van der Waals surface area (Å²) in [5, 5.41) is 8.75. The molecule has 242 valence electrons. The van der Waals surface area contributed by atoms with Gasteiger partial charge in [0, 0.05) is 31.7 Å². The fourth-order valence-electron chi connectivity index (χ4n) is 5.84. The molecule has 13 heteroatoms. The molecular weight excluding hydrogens is 558 g/mol. The zero-order chi connectivity index (χ0) is 31.4. The monoisotopic (exact) mass is 607 g/mol. The van der Waals surface area contributed by atoms with E-state index in [4.69, 9.17) is 19.0 Å². The maximum Gasteiger partial charge on any atom is 0.408 e. The minimum atomic E-state index is -0.987. The van der Waals surface area contributed by atoms with Gasteiger partial charge in [-0.05, 0) is 37.2 Å². The molecule has 2 saturated heterocycles. The number of allylic oxidation sites excluding steroid dienone is 1. The number of carbonyl (C=O) groups excluding carboxylic acids is 4. The zero-order valence-corrected chi connectivity index (χ0v) is 26.3. The van der Waals surface area contributed by atoms with Gasteiger partial charge in [0.2, 0.25) is 11.8 Å². The maximum atomic E-state index is 14.3. The van der Waals surface area contributed by atoms with E-state index in [0.717, 1.165) is 18.5 Å². The van der Waals surface area contributed by atoms with E-state index in [-0.39, 0.29) is 31.0 Å². The third-order valence-electron chi connectivity index (χ3n) is 8.41. The first kappa shape index (κ1) is 33.0. The quantitative estimate of drug-likeness (QED) is 0.259. The van der Waals surface area contributed by atoms with Crippen molar-refractivity contribution < 1.29 is 38.2 Å². The Labute approximate surface area is 254 Å². The lowest BCUT2D eigenvalue weighted by Gasteiger charge is -2.36. The van der Waals surface area contributed by atoms with Gasteiger partial charge in [0.1, 0.15) is 23.8 Å². The molecule has 3 heterocycles. The number of hydrogen-bond donors (Lipinski definition) is 4. The molecule has 4 amide bonds. The standard InChI is InChI=1S/C30H49N5O8/c1-7-9-21(23(40-6)26(37)31-19-10-11-19)32-25(36)22-15-30(14-18(8-2)34-43-30)17-35(22)27(38)24(29(3,4)5)33-28(39)42-20-12-13-41-16-20/h14,19-24,34H,7-13,15-17H2,1-6H3,(H,31,37)(H,32,36)(H,33,39)/t20-,21+,22+,23?,24-,30-/m1/s1. The summed E-state index contributed by atoms with van der Waals surface area (Å²) >= 11 is 0. The second-order valence-corrected chi connectivity index (χ2v) is 13.2. The van der Waals surface area contributed by atoms with Crippen LogP contribution in [-0.2, 0) is 33.4 Å². The van der Waals surface area contributed by atoms with Crippen LogP contribution in [0.5, 0.6) is 0 Å². The molecule has 0 aromatic rings. The van der Waals surface area contributed by atoms with E-state index in [1.807, 2.05) is 40.7 Å². The average molecular weight is 608 g/mol. The van der Waals surface area contributed by atoms with E-state index in [9.17, 15) is 19.2 Å². The molecule has 43 heavy (non-hydrogen) atoms. The molecule has 4 aliphatic rings. The minimum Gasteiger partial charge on any atom is -0.444 e. The first-order chi connectivity index (χ1) is 20.4. The highest BCUT2D eigenvalue weighted by atomic mass is 16.7. The van der Waals surface area contributed by atoms with E-state index in [0.29, 0.717) is 38.9 Å². The largest absolute Gasteiger partial charge is 0.444 e. The van der Waals surface area contributed by atoms with Gasteiger partial charge in [0.25, 0.3) is 5.91 Å². The fraction of sp³-hybridized carbons (Fsp3) is 0.800. The number of alkyl carbamates (subject to hydrolysis) is 1. The third kappa shape index (κ3) is 8.18. The molecule has 13 nitrogen and oxygen atoms in total. The Morgan fingerprint density at radius 2 is 1.91 bits per heavy atom. The highest BCUT2D eigenvalue weighted by Gasteiger charge is 2.54. The van der Waals surface area contributed by atoms with Crippen LogP contribution in [-0.4, -0.2) is 97.6 Å². The summed E-state index contributed by atoms with van der Waals surface area (Å²) in [6, 6.07) is -2.36. The highest BCUT2D eigenvalue weighted by molar-refractivity contribution is 5.93. The molecular formula is C30H49N5O8. The van der Waals surface area contributed by atoms with Crippen LogP contribution in [0.2, 0.25) is 0 Å². The lowest BCUT2D eigenvalue weighted by molar-refractivity contribution is -0.143. The number of nitrogens with zero attached hydrogens (tertiary/aromatic N) is 1. The van der Waals surface area contributed by atoms with Gasteiger partial charge in [0.15, 0.2) is 6.10 Å². The van der Waals surface area contributed by atoms with Crippen molar-refractivity contribution in [3.8, 4) is 0 Å². The molecule has 0 bridgehead atoms. The first-order valence-corrected chi connectivity index (χ1v) is 15.5. The van der Waals surface area contributed by atoms with Gasteiger partial charge in [-0.15, -0.1) is 0 Å². The van der Waals surface area contributed by atoms with Gasteiger partial charge < -0.3 is 35.1 Å². The maximum absolute atomic E-state index is 14.3. The number of likely N-dealkylation sites (tertiary alicyclic amines) is 1. The van der Waals surface area contributed by atoms with Gasteiger partial charge in [0.05, 0.1) is 25.8 Å². The number of methoxy groups -OCH3 is 1. The van der Waals surface area contributed by atoms with Crippen LogP contribution in [0.3, 0.4) is 0 Å². The van der Waals surface area contributed by atoms with E-state index < -0.39 is 53.2 Å². The number of ether oxygens (including phenoxy) is 3. The summed E-state index contributed by atoms with van der Waals surface area (Å²) < 4.78 is 16.4. The van der Waals surface area contributed by atoms with E-state index >= 15 is 0 Å². The van der Waals surface area contributed by atoms with Crippen molar-refractivity contribution in [1.29, 1.82) is 0 Å². The molecule has 0 radical (unpaired) electrons. The summed E-state index contributed by atoms with van der Waals surface area (Å²) in [6.07, 6.45) is 4.53. The van der Waals surface area contributed by atoms with Crippen LogP contribution in [0.1, 0.15) is 79.6 Å². The van der Waals surface area contributed by atoms with Crippen LogP contribution in [0.25, 0.3) is 0 Å². The molecule has 4 N–H and O–H groups in total. The van der Waals surface area contributed by atoms with Crippen LogP contribution < -0.4 is 21.4 Å². The van der Waals surface area contributed by atoms with Gasteiger partial charge >= 0.3 is 6.09 Å². The minimum absolute atomic E-state index is 0.106. The van der Waals surface area contributed by atoms with Gasteiger partial charge in [-0.25, -0.2) is 4.79 Å². The molecule has 1 saturated carbocycles. The average Bonchev–Trinajstić information content (AvgIpc) is 3.32. The molecule has 1 spiro atoms. The molecule has 1 unspecified atom stereocenters. The number of hydrogen-bond acceptors (Lipinski definition) is 9. The second-order valence-electron chi connectivity index (χ2n) is 13.2. The summed E-state index contributed by atoms with van der Waals surface area (Å²) in [5.41, 5.74) is 2.17. The summed E-state index contributed by atoms with van der Waals surface area (Å²) in [7, 11) is 1.46. The second kappa shape index (κ2) is 13.8. The molecule has 3 fully saturated rings. The van der Waals surface area contributed by atoms with Crippen molar-refractivity contribution in [2.75, 3.05) is 26.9 Å². The molecule has 0 aromatic carbocycles. The van der Waals surface area contributed by atoms with Gasteiger partial charge in [-0.3, -0.25) is 24.7 Å². The fourth-order valence-corrected chi connectivity index (χ4v) is 5.84. The van der Waals surface area contributed by atoms with Crippen molar-refractivity contribution in [2.45, 2.75) is 122 Å². The summed E-state index contributed by atoms with van der Waals surface area (Å²) in [4.78, 5) is 61.6. The Kier molecular flexibility index (Phi) is 10.6. The smallest absolute Gasteiger partial charge is 0.408 e. The Bertz CT molecular complexity index is 1070. The molecule has 1 aliphatic carbocycles. The topological polar surface area (TPSA) is 157 Å². The molecule has 4 rings (SSSR count). The van der Waals surface area contributed by atoms with Crippen molar-refractivity contribution in [2.24, 2.45) is 5.41 Å². The first-order valence-electron chi connectivity index (χ1n) is 15.5. The molecule has 0 aromatic heterocycles. The molecule has 6 atom stereocenters. The lowest BCUT2D eigenvalue weighted by Crippen LogP contribution is -2.60. The van der Waals surface area contributed by atoms with Crippen LogP contribution in [0.15, 0.2) is 11.8 Å². The van der Waals surface area contributed by atoms with Crippen molar-refractivity contribution >= 4 is 23.8 Å². The van der Waals surface area contributed by atoms with E-state index in [1.165, 1.54) is 12.0 Å². The number of amides is 4. The summed E-state index contributed by atoms with van der Waals surface area (Å²) in [5.74, 6) is -1.10. The highest BCUT2D eigenvalue weighted by Crippen LogP contribution is 2.37. The van der Waals surface area contributed by atoms with Crippen LogP contribution in [0.4, 0.5) is 4.79 Å². The van der Waals surface area contributed by atoms with Crippen LogP contribution >= 0.6 is 0 Å². The van der Waals surface area contributed by atoms with Crippen LogP contribution in [0, 0.1) is 5.41 Å². The van der Waals surface area contributed by atoms with E-state index in [1.54, 1.807) is 0 Å². The predicted molar refractivity (Wildman–Crippen MR) is 156 cm³/mol. The number of carbonyl (C=O) groups is 4. The van der Waals surface area contributed by atoms with Crippen molar-refractivity contribution in [3.63, 3.8) is 0 Å². The van der Waals surface area contributed by atoms with Crippen molar-refractivity contribution in [1.82, 2.24) is 26.3 Å². The SMILES string of the molecule is CCC[C@H](NC(=O)[C@@H]1C[C@]2(C=C(CC)NO2)CN1C(=O)[C@@H](NC(=O)O[C@@H]1CCOC1)C(C)(C)C)C(OC)C(=O)NC1CC1.